The number of amides is 9. The Kier molecular flexibility index (Phi) is 24.5. The van der Waals surface area contributed by atoms with Crippen molar-refractivity contribution in [2.45, 2.75) is 85.1 Å². The summed E-state index contributed by atoms with van der Waals surface area (Å²) in [6.07, 6.45) is 1.20. The minimum atomic E-state index is -0.829. The van der Waals surface area contributed by atoms with E-state index in [1.807, 2.05) is 60.7 Å². The number of hydrogen-bond donors (Lipinski definition) is 7. The first-order chi connectivity index (χ1) is 33.5. The molecule has 9 amide bonds. The molecule has 0 saturated carbocycles. The highest BCUT2D eigenvalue weighted by Crippen LogP contribution is 2.32. The highest BCUT2D eigenvalue weighted by Gasteiger charge is 2.55. The number of β-lactam (4-membered cyclic amide) rings is 2. The molecule has 0 bridgehead atoms. The molecule has 0 aliphatic carbocycles. The molecule has 22 nitrogen and oxygen atoms in total. The topological polar surface area (TPSA) is 285 Å². The maximum absolute atomic E-state index is 12.9. The van der Waals surface area contributed by atoms with E-state index in [2.05, 4.69) is 64.2 Å². The lowest BCUT2D eigenvalue weighted by molar-refractivity contribution is -0.158. The zero-order valence-corrected chi connectivity index (χ0v) is 41.1. The summed E-state index contributed by atoms with van der Waals surface area (Å²) in [6, 6.07) is 16.3. The van der Waals surface area contributed by atoms with E-state index in [4.69, 9.17) is 19.9 Å². The van der Waals surface area contributed by atoms with E-state index >= 15 is 0 Å². The Balaban J connectivity index is 0.000000344. The van der Waals surface area contributed by atoms with Gasteiger partial charge in [0, 0.05) is 53.4 Å². The Labute approximate surface area is 409 Å². The van der Waals surface area contributed by atoms with Crippen LogP contribution in [0.5, 0.6) is 0 Å². The second kappa shape index (κ2) is 30.2. The number of ether oxygens (including phenoxy) is 3. The van der Waals surface area contributed by atoms with Crippen molar-refractivity contribution in [3.05, 3.63) is 84.2 Å². The highest BCUT2D eigenvalue weighted by molar-refractivity contribution is 6.09. The largest absolute Gasteiger partial charge is 0.450 e. The number of likely N-dealkylation sites (tertiary alicyclic amines) is 1. The quantitative estimate of drug-likeness (QED) is 0.0395. The number of nitrogens with two attached hydrogens (primary N) is 1. The van der Waals surface area contributed by atoms with Crippen LogP contribution in [0.15, 0.2) is 78.1 Å². The van der Waals surface area contributed by atoms with E-state index in [0.29, 0.717) is 51.1 Å². The lowest BCUT2D eigenvalue weighted by Crippen LogP contribution is -2.70. The van der Waals surface area contributed by atoms with Crippen LogP contribution in [0.25, 0.3) is 0 Å². The number of nitrogens with one attached hydrogen (secondary N) is 6. The maximum Gasteiger partial charge on any atom is 0.414 e. The first-order valence-corrected chi connectivity index (χ1v) is 23.5. The molecule has 3 fully saturated rings. The molecule has 0 spiro atoms. The number of imide groups is 1. The summed E-state index contributed by atoms with van der Waals surface area (Å²) < 4.78 is 15.3. The predicted molar refractivity (Wildman–Crippen MR) is 260 cm³/mol. The molecule has 3 aliphatic heterocycles. The van der Waals surface area contributed by atoms with E-state index in [-0.39, 0.29) is 69.0 Å². The van der Waals surface area contributed by atoms with Gasteiger partial charge in [-0.25, -0.2) is 19.2 Å². The monoisotopic (exact) mass is 978 g/mol. The van der Waals surface area contributed by atoms with E-state index in [1.54, 1.807) is 6.92 Å². The van der Waals surface area contributed by atoms with Crippen LogP contribution in [0.2, 0.25) is 0 Å². The van der Waals surface area contributed by atoms with Gasteiger partial charge in [0.15, 0.2) is 0 Å². The Morgan fingerprint density at radius 2 is 1.29 bits per heavy atom. The average Bonchev–Trinajstić information content (AvgIpc) is 3.36. The molecule has 3 saturated heterocycles. The van der Waals surface area contributed by atoms with Crippen LogP contribution < -0.4 is 37.6 Å². The van der Waals surface area contributed by atoms with E-state index < -0.39 is 48.2 Å². The summed E-state index contributed by atoms with van der Waals surface area (Å²) in [5.41, 5.74) is 7.04. The third-order valence-electron chi connectivity index (χ3n) is 11.2. The molecular weight excluding hydrogens is 907 g/mol. The molecule has 8 N–H and O–H groups in total. The number of hydrogen-bond acceptors (Lipinski definition) is 14. The van der Waals surface area contributed by atoms with Crippen molar-refractivity contribution in [1.29, 1.82) is 0 Å². The van der Waals surface area contributed by atoms with Crippen molar-refractivity contribution in [2.75, 3.05) is 60.0 Å². The van der Waals surface area contributed by atoms with E-state index in [1.165, 1.54) is 30.3 Å². The number of guanidine groups is 1. The van der Waals surface area contributed by atoms with Crippen molar-refractivity contribution in [3.63, 3.8) is 0 Å². The summed E-state index contributed by atoms with van der Waals surface area (Å²) in [5, 5.41) is 15.3. The predicted octanol–water partition coefficient (Wildman–Crippen LogP) is 3.14. The first-order valence-electron chi connectivity index (χ1n) is 23.5. The van der Waals surface area contributed by atoms with Crippen LogP contribution in [-0.2, 0) is 46.6 Å². The van der Waals surface area contributed by atoms with Crippen LogP contribution in [0.3, 0.4) is 0 Å². The smallest absolute Gasteiger partial charge is 0.414 e. The molecule has 2 aromatic rings. The fourth-order valence-electron chi connectivity index (χ4n) is 6.95. The zero-order chi connectivity index (χ0) is 51.6. The highest BCUT2D eigenvalue weighted by atomic mass is 16.6. The number of carbonyl (C=O) groups is 8. The molecule has 3 heterocycles. The zero-order valence-electron chi connectivity index (χ0n) is 41.1. The van der Waals surface area contributed by atoms with Gasteiger partial charge in [-0.1, -0.05) is 94.4 Å². The Morgan fingerprint density at radius 1 is 0.771 bits per heavy atom. The van der Waals surface area contributed by atoms with Crippen LogP contribution >= 0.6 is 0 Å². The summed E-state index contributed by atoms with van der Waals surface area (Å²) in [5.74, 6) is -1.10. The van der Waals surface area contributed by atoms with Gasteiger partial charge in [0.1, 0.15) is 25.3 Å². The summed E-state index contributed by atoms with van der Waals surface area (Å²) in [6.45, 7) is 14.1. The molecule has 70 heavy (non-hydrogen) atoms. The number of carbonyl (C=O) groups excluding carboxylic acids is 8. The van der Waals surface area contributed by atoms with Crippen molar-refractivity contribution in [3.8, 4) is 0 Å². The van der Waals surface area contributed by atoms with E-state index in [0.717, 1.165) is 21.9 Å². The van der Waals surface area contributed by atoms with Crippen molar-refractivity contribution in [2.24, 2.45) is 28.5 Å². The Hall–Kier alpha value is -7.39. The molecule has 3 aliphatic rings. The number of aliphatic imine (C=N–C) groups is 1. The Bertz CT molecular complexity index is 2020. The second-order valence-electron chi connectivity index (χ2n) is 16.7. The molecular formula is C48H71N11O11. The lowest BCUT2D eigenvalue weighted by atomic mass is 9.83. The number of urea groups is 1. The van der Waals surface area contributed by atoms with Gasteiger partial charge in [-0.05, 0) is 49.7 Å². The first kappa shape index (κ1) is 56.9. The minimum Gasteiger partial charge on any atom is -0.450 e. The van der Waals surface area contributed by atoms with Gasteiger partial charge in [-0.15, -0.1) is 0 Å². The number of alkyl carbamates (subject to hydrolysis) is 2. The van der Waals surface area contributed by atoms with Gasteiger partial charge < -0.3 is 51.0 Å². The third-order valence-corrected chi connectivity index (χ3v) is 11.2. The van der Waals surface area contributed by atoms with Gasteiger partial charge in [-0.2, -0.15) is 0 Å². The van der Waals surface area contributed by atoms with Crippen LogP contribution in [0.4, 0.5) is 19.2 Å². The van der Waals surface area contributed by atoms with Crippen molar-refractivity contribution >= 4 is 53.9 Å². The number of piperazine rings is 1. The molecule has 0 radical (unpaired) electrons. The van der Waals surface area contributed by atoms with Crippen LogP contribution in [0.1, 0.15) is 70.9 Å². The molecule has 0 aromatic heterocycles. The standard InChI is InChI=1S/C25H29N5O6.C18H30N6O5.C5H12/c1-26-22(32)20-19(21(31)28-20)13-8-14-27-23(29-24(33)35-15-17-9-4-2-5-10-17)30-25(34)36-16-18-11-6-3-7-12-18;1-4-29-18(28)23-10-8-22(9-11-23)17(27)24-14(15(25)20-3)13(16(24)26)6-5-7-21-12(2)19;1-4-5(2)3/h2-7,9-12,19-20H,8,13-16H2,1H3,(H,26,32)(H,28,31)(H2,27,29,30,33,34);13-14,21H,2,4-11,19H2,1,3H3,(H,20,25);5H,4H2,1-3H3/t19-,20+;13-,14?;/m11./s1. The second-order valence-corrected chi connectivity index (χ2v) is 16.7. The number of nitrogens with zero attached hydrogens (tertiary/aromatic N) is 4. The maximum atomic E-state index is 12.9. The SMILES string of the molecule is C=C(N)NCCC[C@H]1C(=O)N(C(=O)N2CCN(C(=O)OCC)CC2)C1C(=O)NC.CCC(C)C.CNC(=O)[C@H]1NC(=O)[C@@H]1CCCN=C(NC(=O)OCc1ccccc1)NC(=O)OCc1ccccc1. The van der Waals surface area contributed by atoms with Crippen molar-refractivity contribution < 1.29 is 52.6 Å². The molecule has 22 heteroatoms. The van der Waals surface area contributed by atoms with Gasteiger partial charge in [0.05, 0.1) is 24.3 Å². The van der Waals surface area contributed by atoms with Gasteiger partial charge in [-0.3, -0.25) is 39.7 Å². The molecule has 2 aromatic carbocycles. The molecule has 4 atom stereocenters. The molecule has 1 unspecified atom stereocenters. The Morgan fingerprint density at radius 3 is 1.76 bits per heavy atom. The average molecular weight is 978 g/mol. The minimum absolute atomic E-state index is 0.0378. The van der Waals surface area contributed by atoms with E-state index in [9.17, 15) is 38.4 Å². The molecule has 384 valence electrons. The van der Waals surface area contributed by atoms with Crippen LogP contribution in [-0.4, -0.2) is 141 Å². The number of benzene rings is 2. The van der Waals surface area contributed by atoms with Gasteiger partial charge >= 0.3 is 24.3 Å². The fourth-order valence-corrected chi connectivity index (χ4v) is 6.95. The summed E-state index contributed by atoms with van der Waals surface area (Å²) >= 11 is 0. The molecule has 5 rings (SSSR count). The summed E-state index contributed by atoms with van der Waals surface area (Å²) in [4.78, 5) is 106. The van der Waals surface area contributed by atoms with Gasteiger partial charge in [0.25, 0.3) is 0 Å². The fraction of sp³-hybridized carbons (Fsp3) is 0.521. The lowest BCUT2D eigenvalue weighted by Gasteiger charge is -2.47. The number of rotatable bonds is 17. The summed E-state index contributed by atoms with van der Waals surface area (Å²) in [7, 11) is 2.98. The third kappa shape index (κ3) is 18.6. The normalized spacial score (nSPS) is 17.7. The van der Waals surface area contributed by atoms with Gasteiger partial charge in [0.2, 0.25) is 29.6 Å². The number of likely N-dealkylation sites (N-methyl/N-ethyl adjacent to an activating group) is 2. The van der Waals surface area contributed by atoms with Crippen LogP contribution in [0, 0.1) is 17.8 Å². The van der Waals surface area contributed by atoms with Crippen molar-refractivity contribution in [1.82, 2.24) is 46.6 Å².